The second kappa shape index (κ2) is 6.50. The number of anilines is 1. The SMILES string of the molecule is CC(=O)Nc1ccc(OS(=O)(=O)c2ccc(C)cc2Br)cc1. The van der Waals surface area contributed by atoms with E-state index < -0.39 is 10.1 Å². The summed E-state index contributed by atoms with van der Waals surface area (Å²) in [6, 6.07) is 11.0. The Kier molecular flexibility index (Phi) is 4.87. The van der Waals surface area contributed by atoms with Gasteiger partial charge in [0.1, 0.15) is 10.6 Å². The molecule has 2 aromatic rings. The van der Waals surface area contributed by atoms with E-state index in [1.165, 1.54) is 25.1 Å². The van der Waals surface area contributed by atoms with Gasteiger partial charge in [0.25, 0.3) is 0 Å². The molecule has 0 heterocycles. The van der Waals surface area contributed by atoms with Crippen molar-refractivity contribution < 1.29 is 17.4 Å². The van der Waals surface area contributed by atoms with Crippen LogP contribution in [0.2, 0.25) is 0 Å². The van der Waals surface area contributed by atoms with Crippen LogP contribution in [-0.2, 0) is 14.9 Å². The first-order valence-electron chi connectivity index (χ1n) is 6.36. The third kappa shape index (κ3) is 4.08. The van der Waals surface area contributed by atoms with Crippen molar-refractivity contribution >= 4 is 37.6 Å². The van der Waals surface area contributed by atoms with Crippen LogP contribution in [0.15, 0.2) is 51.8 Å². The zero-order chi connectivity index (χ0) is 16.3. The zero-order valence-corrected chi connectivity index (χ0v) is 14.4. The molecular formula is C15H14BrNO4S. The molecule has 116 valence electrons. The number of amides is 1. The fourth-order valence-electron chi connectivity index (χ4n) is 1.78. The molecule has 0 radical (unpaired) electrons. The van der Waals surface area contributed by atoms with E-state index in [9.17, 15) is 13.2 Å². The van der Waals surface area contributed by atoms with E-state index in [0.29, 0.717) is 10.2 Å². The number of carbonyl (C=O) groups is 1. The van der Waals surface area contributed by atoms with Gasteiger partial charge < -0.3 is 9.50 Å². The Balaban J connectivity index is 2.23. The maximum atomic E-state index is 12.3. The molecule has 0 aliphatic heterocycles. The van der Waals surface area contributed by atoms with Crippen molar-refractivity contribution in [1.29, 1.82) is 0 Å². The smallest absolute Gasteiger partial charge is 0.340 e. The van der Waals surface area contributed by atoms with Gasteiger partial charge in [0.15, 0.2) is 0 Å². The van der Waals surface area contributed by atoms with E-state index in [1.54, 1.807) is 24.3 Å². The fraction of sp³-hybridized carbons (Fsp3) is 0.133. The van der Waals surface area contributed by atoms with E-state index >= 15 is 0 Å². The molecule has 7 heteroatoms. The summed E-state index contributed by atoms with van der Waals surface area (Å²) >= 11 is 3.23. The summed E-state index contributed by atoms with van der Waals surface area (Å²) < 4.78 is 30.1. The average molecular weight is 384 g/mol. The first-order chi connectivity index (χ1) is 10.3. The van der Waals surface area contributed by atoms with Crippen LogP contribution in [0, 0.1) is 6.92 Å². The second-order valence-electron chi connectivity index (χ2n) is 4.68. The van der Waals surface area contributed by atoms with Crippen LogP contribution in [0.5, 0.6) is 5.75 Å². The number of benzene rings is 2. The minimum atomic E-state index is -3.93. The molecule has 0 saturated heterocycles. The Bertz CT molecular complexity index is 801. The number of aryl methyl sites for hydroxylation is 1. The molecule has 1 amide bonds. The molecule has 0 atom stereocenters. The van der Waals surface area contributed by atoms with Gasteiger partial charge in [-0.05, 0) is 64.8 Å². The van der Waals surface area contributed by atoms with Crippen molar-refractivity contribution in [1.82, 2.24) is 0 Å². The minimum absolute atomic E-state index is 0.0593. The van der Waals surface area contributed by atoms with Crippen LogP contribution in [-0.4, -0.2) is 14.3 Å². The Morgan fingerprint density at radius 3 is 2.32 bits per heavy atom. The monoisotopic (exact) mass is 383 g/mol. The second-order valence-corrected chi connectivity index (χ2v) is 7.05. The summed E-state index contributed by atoms with van der Waals surface area (Å²) in [5.41, 5.74) is 1.50. The molecule has 0 unspecified atom stereocenters. The van der Waals surface area contributed by atoms with Crippen molar-refractivity contribution in [2.45, 2.75) is 18.7 Å². The molecule has 0 spiro atoms. The Labute approximate surface area is 137 Å². The van der Waals surface area contributed by atoms with Gasteiger partial charge in [-0.2, -0.15) is 8.42 Å². The Hall–Kier alpha value is -1.86. The van der Waals surface area contributed by atoms with Crippen molar-refractivity contribution in [2.24, 2.45) is 0 Å². The van der Waals surface area contributed by atoms with Gasteiger partial charge in [-0.25, -0.2) is 0 Å². The quantitative estimate of drug-likeness (QED) is 0.820. The topological polar surface area (TPSA) is 72.5 Å². The van der Waals surface area contributed by atoms with Gasteiger partial charge in [0, 0.05) is 17.1 Å². The van der Waals surface area contributed by atoms with Crippen molar-refractivity contribution in [3.63, 3.8) is 0 Å². The van der Waals surface area contributed by atoms with Crippen LogP contribution in [0.1, 0.15) is 12.5 Å². The molecule has 0 bridgehead atoms. The van der Waals surface area contributed by atoms with Crippen molar-refractivity contribution in [3.8, 4) is 5.75 Å². The molecule has 2 rings (SSSR count). The first kappa shape index (κ1) is 16.5. The maximum absolute atomic E-state index is 12.3. The highest BCUT2D eigenvalue weighted by Crippen LogP contribution is 2.26. The lowest BCUT2D eigenvalue weighted by atomic mass is 10.2. The summed E-state index contributed by atoms with van der Waals surface area (Å²) in [7, 11) is -3.93. The lowest BCUT2D eigenvalue weighted by Crippen LogP contribution is -2.11. The summed E-state index contributed by atoms with van der Waals surface area (Å²) in [6.07, 6.45) is 0. The number of hydrogen-bond acceptors (Lipinski definition) is 4. The van der Waals surface area contributed by atoms with E-state index in [0.717, 1.165) is 5.56 Å². The predicted molar refractivity (Wildman–Crippen MR) is 87.4 cm³/mol. The van der Waals surface area contributed by atoms with E-state index in [4.69, 9.17) is 4.18 Å². The standard InChI is InChI=1S/C15H14BrNO4S/c1-10-3-8-15(14(16)9-10)22(19,20)21-13-6-4-12(5-7-13)17-11(2)18/h3-9H,1-2H3,(H,17,18). The number of carbonyl (C=O) groups excluding carboxylic acids is 1. The van der Waals surface area contributed by atoms with E-state index in [-0.39, 0.29) is 16.6 Å². The van der Waals surface area contributed by atoms with Crippen LogP contribution < -0.4 is 9.50 Å². The lowest BCUT2D eigenvalue weighted by molar-refractivity contribution is -0.114. The minimum Gasteiger partial charge on any atom is -0.379 e. The van der Waals surface area contributed by atoms with Crippen LogP contribution in [0.3, 0.4) is 0 Å². The van der Waals surface area contributed by atoms with Gasteiger partial charge in [0.05, 0.1) is 0 Å². The highest BCUT2D eigenvalue weighted by molar-refractivity contribution is 9.10. The molecular weight excluding hydrogens is 370 g/mol. The molecule has 0 aliphatic rings. The summed E-state index contributed by atoms with van der Waals surface area (Å²) in [5.74, 6) is -0.0357. The predicted octanol–water partition coefficient (Wildman–Crippen LogP) is 3.48. The fourth-order valence-corrected chi connectivity index (χ4v) is 3.85. The highest BCUT2D eigenvalue weighted by Gasteiger charge is 2.20. The van der Waals surface area contributed by atoms with Crippen LogP contribution in [0.4, 0.5) is 5.69 Å². The van der Waals surface area contributed by atoms with Gasteiger partial charge in [0.2, 0.25) is 5.91 Å². The van der Waals surface area contributed by atoms with Gasteiger partial charge in [-0.1, -0.05) is 6.07 Å². The van der Waals surface area contributed by atoms with Crippen molar-refractivity contribution in [2.75, 3.05) is 5.32 Å². The summed E-state index contributed by atoms with van der Waals surface area (Å²) in [6.45, 7) is 3.26. The molecule has 0 saturated carbocycles. The number of rotatable bonds is 4. The molecule has 0 fully saturated rings. The molecule has 5 nitrogen and oxygen atoms in total. The number of hydrogen-bond donors (Lipinski definition) is 1. The summed E-state index contributed by atoms with van der Waals surface area (Å²) in [5, 5.41) is 2.59. The number of halogens is 1. The van der Waals surface area contributed by atoms with Crippen LogP contribution >= 0.6 is 15.9 Å². The third-order valence-electron chi connectivity index (χ3n) is 2.74. The van der Waals surface area contributed by atoms with E-state index in [2.05, 4.69) is 21.2 Å². The van der Waals surface area contributed by atoms with E-state index in [1.807, 2.05) is 6.92 Å². The maximum Gasteiger partial charge on any atom is 0.340 e. The van der Waals surface area contributed by atoms with Crippen LogP contribution in [0.25, 0.3) is 0 Å². The molecule has 2 aromatic carbocycles. The molecule has 22 heavy (non-hydrogen) atoms. The van der Waals surface area contributed by atoms with Gasteiger partial charge in [-0.15, -0.1) is 0 Å². The largest absolute Gasteiger partial charge is 0.379 e. The third-order valence-corrected chi connectivity index (χ3v) is 4.96. The zero-order valence-electron chi connectivity index (χ0n) is 12.0. The average Bonchev–Trinajstić information content (AvgIpc) is 2.39. The summed E-state index contributed by atoms with van der Waals surface area (Å²) in [4.78, 5) is 11.0. The molecule has 1 N–H and O–H groups in total. The normalized spacial score (nSPS) is 11.0. The highest BCUT2D eigenvalue weighted by atomic mass is 79.9. The Morgan fingerprint density at radius 2 is 1.77 bits per heavy atom. The lowest BCUT2D eigenvalue weighted by Gasteiger charge is -2.10. The van der Waals surface area contributed by atoms with Crippen molar-refractivity contribution in [3.05, 3.63) is 52.5 Å². The first-order valence-corrected chi connectivity index (χ1v) is 8.56. The number of nitrogens with one attached hydrogen (secondary N) is 1. The Morgan fingerprint density at radius 1 is 1.14 bits per heavy atom. The van der Waals surface area contributed by atoms with Gasteiger partial charge >= 0.3 is 10.1 Å². The molecule has 0 aliphatic carbocycles. The van der Waals surface area contributed by atoms with Gasteiger partial charge in [-0.3, -0.25) is 4.79 Å². The molecule has 0 aromatic heterocycles.